The fraction of sp³-hybridized carbons (Fsp3) is 0.167. The Hall–Kier alpha value is -4.59. The van der Waals surface area contributed by atoms with Gasteiger partial charge < -0.3 is 14.1 Å². The van der Waals surface area contributed by atoms with E-state index in [1.165, 1.54) is 29.4 Å². The van der Waals surface area contributed by atoms with E-state index in [2.05, 4.69) is 9.84 Å². The summed E-state index contributed by atoms with van der Waals surface area (Å²) in [7, 11) is 0. The molecule has 0 saturated heterocycles. The molecule has 0 aliphatic heterocycles. The van der Waals surface area contributed by atoms with E-state index in [9.17, 15) is 28.0 Å². The number of benzene rings is 2. The number of carbonyl (C=O) groups is 1. The first-order valence-corrected chi connectivity index (χ1v) is 10.3. The van der Waals surface area contributed by atoms with E-state index in [4.69, 9.17) is 4.42 Å². The maximum Gasteiger partial charge on any atom is 0.573 e. The average molecular weight is 482 g/mol. The van der Waals surface area contributed by atoms with E-state index < -0.39 is 30.1 Å². The molecule has 4 rings (SSSR count). The number of anilines is 1. The van der Waals surface area contributed by atoms with Crippen molar-refractivity contribution in [1.29, 1.82) is 5.26 Å². The molecule has 0 unspecified atom stereocenters. The van der Waals surface area contributed by atoms with Gasteiger partial charge in [-0.05, 0) is 49.4 Å². The second-order valence-electron chi connectivity index (χ2n) is 7.35. The highest BCUT2D eigenvalue weighted by molar-refractivity contribution is 5.94. The number of rotatable bonds is 6. The number of aromatic nitrogens is 2. The van der Waals surface area contributed by atoms with Gasteiger partial charge in [-0.15, -0.1) is 13.2 Å². The summed E-state index contributed by atoms with van der Waals surface area (Å²) in [5, 5.41) is 13.7. The van der Waals surface area contributed by atoms with Crippen LogP contribution in [0.25, 0.3) is 22.2 Å². The standard InChI is InChI=1S/C24H17F3N4O4/c1-2-30(17-6-8-18(9-7-17)35-24(25,26)27)20(32)14-31-23(33)19-10-11-34-22(19)21(29-31)16-5-3-4-15(12-16)13-28/h3-12H,2,14H2,1H3. The van der Waals surface area contributed by atoms with Crippen LogP contribution in [0.2, 0.25) is 0 Å². The van der Waals surface area contributed by atoms with Crippen LogP contribution in [-0.2, 0) is 11.3 Å². The van der Waals surface area contributed by atoms with Crippen LogP contribution in [0.1, 0.15) is 12.5 Å². The fourth-order valence-corrected chi connectivity index (χ4v) is 3.59. The zero-order chi connectivity index (χ0) is 25.2. The molecule has 2 aromatic heterocycles. The Kier molecular flexibility index (Phi) is 6.29. The van der Waals surface area contributed by atoms with Crippen molar-refractivity contribution in [1.82, 2.24) is 9.78 Å². The van der Waals surface area contributed by atoms with Crippen molar-refractivity contribution in [3.63, 3.8) is 0 Å². The zero-order valence-electron chi connectivity index (χ0n) is 18.2. The van der Waals surface area contributed by atoms with Gasteiger partial charge in [-0.25, -0.2) is 4.68 Å². The maximum absolute atomic E-state index is 13.1. The summed E-state index contributed by atoms with van der Waals surface area (Å²) < 4.78 is 47.5. The summed E-state index contributed by atoms with van der Waals surface area (Å²) in [6.07, 6.45) is -3.49. The molecule has 0 N–H and O–H groups in total. The van der Waals surface area contributed by atoms with Crippen molar-refractivity contribution < 1.29 is 27.1 Å². The Morgan fingerprint density at radius 1 is 1.20 bits per heavy atom. The van der Waals surface area contributed by atoms with E-state index in [-0.39, 0.29) is 23.2 Å². The van der Waals surface area contributed by atoms with Gasteiger partial charge in [0.15, 0.2) is 5.58 Å². The first-order valence-electron chi connectivity index (χ1n) is 10.3. The van der Waals surface area contributed by atoms with Crippen LogP contribution in [-0.4, -0.2) is 28.6 Å². The zero-order valence-corrected chi connectivity index (χ0v) is 18.2. The smallest absolute Gasteiger partial charge is 0.462 e. The lowest BCUT2D eigenvalue weighted by molar-refractivity contribution is -0.274. The number of hydrogen-bond acceptors (Lipinski definition) is 6. The van der Waals surface area contributed by atoms with Crippen LogP contribution >= 0.6 is 0 Å². The highest BCUT2D eigenvalue weighted by Gasteiger charge is 2.31. The first-order chi connectivity index (χ1) is 16.7. The number of likely N-dealkylation sites (N-methyl/N-ethyl adjacent to an activating group) is 1. The van der Waals surface area contributed by atoms with Crippen molar-refractivity contribution in [2.75, 3.05) is 11.4 Å². The molecule has 0 fully saturated rings. The largest absolute Gasteiger partial charge is 0.573 e. The highest BCUT2D eigenvalue weighted by Crippen LogP contribution is 2.27. The van der Waals surface area contributed by atoms with Crippen LogP contribution < -0.4 is 15.2 Å². The summed E-state index contributed by atoms with van der Waals surface area (Å²) in [4.78, 5) is 27.3. The SMILES string of the molecule is CCN(C(=O)Cn1nc(-c2cccc(C#N)c2)c2occc2c1=O)c1ccc(OC(F)(F)F)cc1. The molecule has 4 aromatic rings. The number of furan rings is 1. The fourth-order valence-electron chi connectivity index (χ4n) is 3.59. The maximum atomic E-state index is 13.1. The Morgan fingerprint density at radius 3 is 2.60 bits per heavy atom. The van der Waals surface area contributed by atoms with Crippen molar-refractivity contribution in [3.05, 3.63) is 76.8 Å². The molecular weight excluding hydrogens is 465 g/mol. The summed E-state index contributed by atoms with van der Waals surface area (Å²) in [5.41, 5.74) is 1.19. The van der Waals surface area contributed by atoms with Crippen molar-refractivity contribution >= 4 is 22.6 Å². The third-order valence-corrected chi connectivity index (χ3v) is 5.12. The van der Waals surface area contributed by atoms with Crippen molar-refractivity contribution in [3.8, 4) is 23.1 Å². The van der Waals surface area contributed by atoms with Crippen LogP contribution in [0.3, 0.4) is 0 Å². The Bertz CT molecular complexity index is 1480. The third kappa shape index (κ3) is 5.01. The Labute approximate surface area is 196 Å². The molecule has 0 spiro atoms. The topological polar surface area (TPSA) is 101 Å². The number of alkyl halides is 3. The number of carbonyl (C=O) groups excluding carboxylic acids is 1. The van der Waals surface area contributed by atoms with Gasteiger partial charge in [0.2, 0.25) is 5.91 Å². The molecule has 2 heterocycles. The molecule has 0 aliphatic carbocycles. The molecule has 2 aromatic carbocycles. The molecule has 8 nitrogen and oxygen atoms in total. The summed E-state index contributed by atoms with van der Waals surface area (Å²) in [6.45, 7) is 1.45. The number of hydrogen-bond donors (Lipinski definition) is 0. The Balaban J connectivity index is 1.67. The number of ether oxygens (including phenoxy) is 1. The monoisotopic (exact) mass is 482 g/mol. The molecule has 0 saturated carbocycles. The van der Waals surface area contributed by atoms with Crippen LogP contribution in [0.4, 0.5) is 18.9 Å². The predicted molar refractivity (Wildman–Crippen MR) is 120 cm³/mol. The Morgan fingerprint density at radius 2 is 1.94 bits per heavy atom. The summed E-state index contributed by atoms with van der Waals surface area (Å²) >= 11 is 0. The van der Waals surface area contributed by atoms with E-state index in [0.29, 0.717) is 16.8 Å². The summed E-state index contributed by atoms with van der Waals surface area (Å²) in [5.74, 6) is -0.927. The van der Waals surface area contributed by atoms with Gasteiger partial charge in [0.05, 0.1) is 23.3 Å². The van der Waals surface area contributed by atoms with Gasteiger partial charge in [0.1, 0.15) is 18.0 Å². The van der Waals surface area contributed by atoms with Crippen molar-refractivity contribution in [2.45, 2.75) is 19.8 Å². The lowest BCUT2D eigenvalue weighted by atomic mass is 10.1. The van der Waals surface area contributed by atoms with Crippen LogP contribution in [0, 0.1) is 11.3 Å². The van der Waals surface area contributed by atoms with Crippen LogP contribution in [0.15, 0.2) is 70.1 Å². The normalized spacial score (nSPS) is 11.3. The van der Waals surface area contributed by atoms with E-state index in [1.54, 1.807) is 31.2 Å². The molecule has 35 heavy (non-hydrogen) atoms. The average Bonchev–Trinajstić information content (AvgIpc) is 3.32. The van der Waals surface area contributed by atoms with Crippen LogP contribution in [0.5, 0.6) is 5.75 Å². The quantitative estimate of drug-likeness (QED) is 0.402. The minimum absolute atomic E-state index is 0.193. The lowest BCUT2D eigenvalue weighted by Gasteiger charge is -2.22. The van der Waals surface area contributed by atoms with E-state index in [1.807, 2.05) is 6.07 Å². The number of halogens is 3. The van der Waals surface area contributed by atoms with Gasteiger partial charge in [0, 0.05) is 17.8 Å². The first kappa shape index (κ1) is 23.6. The molecule has 0 atom stereocenters. The van der Waals surface area contributed by atoms with E-state index in [0.717, 1.165) is 16.8 Å². The molecule has 0 radical (unpaired) electrons. The third-order valence-electron chi connectivity index (χ3n) is 5.12. The lowest BCUT2D eigenvalue weighted by Crippen LogP contribution is -2.37. The minimum Gasteiger partial charge on any atom is -0.462 e. The highest BCUT2D eigenvalue weighted by atomic mass is 19.4. The predicted octanol–water partition coefficient (Wildman–Crippen LogP) is 4.48. The van der Waals surface area contributed by atoms with Gasteiger partial charge in [-0.3, -0.25) is 9.59 Å². The van der Waals surface area contributed by atoms with Crippen molar-refractivity contribution in [2.24, 2.45) is 0 Å². The molecule has 11 heteroatoms. The minimum atomic E-state index is -4.83. The number of nitrogens with zero attached hydrogens (tertiary/aromatic N) is 4. The van der Waals surface area contributed by atoms with Gasteiger partial charge >= 0.3 is 6.36 Å². The second kappa shape index (κ2) is 9.34. The number of nitriles is 1. The second-order valence-corrected chi connectivity index (χ2v) is 7.35. The number of amides is 1. The van der Waals surface area contributed by atoms with Gasteiger partial charge in [0.25, 0.3) is 5.56 Å². The summed E-state index contributed by atoms with van der Waals surface area (Å²) in [6, 6.07) is 14.9. The molecular formula is C24H17F3N4O4. The molecule has 0 bridgehead atoms. The molecule has 0 aliphatic rings. The number of fused-ring (bicyclic) bond motifs is 1. The van der Waals surface area contributed by atoms with E-state index >= 15 is 0 Å². The van der Waals surface area contributed by atoms with Gasteiger partial charge in [-0.2, -0.15) is 10.4 Å². The van der Waals surface area contributed by atoms with Gasteiger partial charge in [-0.1, -0.05) is 12.1 Å². The molecule has 1 amide bonds. The molecule has 178 valence electrons.